The molecular formula is C90H57ClN2O5. The number of furan rings is 5. The van der Waals surface area contributed by atoms with Crippen LogP contribution < -0.4 is 10.6 Å². The maximum Gasteiger partial charge on any atom is 0.136 e. The smallest absolute Gasteiger partial charge is 0.136 e. The van der Waals surface area contributed by atoms with Gasteiger partial charge in [-0.05, 0) is 207 Å². The number of rotatable bonds is 9. The fourth-order valence-electron chi connectivity index (χ4n) is 13.5. The van der Waals surface area contributed by atoms with Crippen molar-refractivity contribution in [1.29, 1.82) is 0 Å². The Labute approximate surface area is 567 Å². The standard InChI is InChI=1S/2C36H23NO2.C18H11ClO/c1-3-13-33-29(11-1)31-21-25(15-17-35(31)38-33)23-7-5-9-27(19-23)37-28-10-6-8-24(20-28)26-16-18-36-32(22-26)30-12-2-4-14-34(30)39-36;1-3-7-33-29(5-1)31-19-13-25(21-35(31)38-33)23-9-15-27(16-10-23)37-28-17-11-24(12-18-28)26-14-20-32-30-6-2-4-8-34(30)39-36(32)22-26;19-14-8-5-12(6-9-14)13-7-10-16-15-3-1-2-4-17(15)20-18(16)11-13/h2*1-22,37H;1-11H. The van der Waals surface area contributed by atoms with E-state index < -0.39 is 0 Å². The molecule has 20 aromatic rings. The Morgan fingerprint density at radius 1 is 0.163 bits per heavy atom. The Morgan fingerprint density at radius 2 is 0.418 bits per heavy atom. The van der Waals surface area contributed by atoms with Crippen molar-refractivity contribution in [2.24, 2.45) is 0 Å². The van der Waals surface area contributed by atoms with Crippen molar-refractivity contribution in [3.8, 4) is 55.6 Å². The second-order valence-corrected chi connectivity index (χ2v) is 25.1. The molecule has 0 aliphatic heterocycles. The summed E-state index contributed by atoms with van der Waals surface area (Å²) in [5.41, 5.74) is 24.8. The lowest BCUT2D eigenvalue weighted by Gasteiger charge is -2.11. The summed E-state index contributed by atoms with van der Waals surface area (Å²) >= 11 is 5.93. The summed E-state index contributed by atoms with van der Waals surface area (Å²) in [5.74, 6) is 0. The average Bonchev–Trinajstić information content (AvgIpc) is 1.65. The first-order valence-electron chi connectivity index (χ1n) is 32.7. The minimum absolute atomic E-state index is 0.749. The zero-order valence-electron chi connectivity index (χ0n) is 52.7. The van der Waals surface area contributed by atoms with E-state index in [4.69, 9.17) is 33.7 Å². The van der Waals surface area contributed by atoms with Gasteiger partial charge in [0.2, 0.25) is 0 Å². The summed E-state index contributed by atoms with van der Waals surface area (Å²) in [6.45, 7) is 0. The first-order valence-corrected chi connectivity index (χ1v) is 33.0. The number of fused-ring (bicyclic) bond motifs is 15. The van der Waals surface area contributed by atoms with Crippen LogP contribution in [0.2, 0.25) is 5.02 Å². The van der Waals surface area contributed by atoms with E-state index in [1.165, 1.54) is 0 Å². The monoisotopic (exact) mass is 1280 g/mol. The van der Waals surface area contributed by atoms with Crippen LogP contribution in [-0.2, 0) is 0 Å². The second kappa shape index (κ2) is 24.5. The third-order valence-electron chi connectivity index (χ3n) is 18.5. The third-order valence-corrected chi connectivity index (χ3v) is 18.7. The van der Waals surface area contributed by atoms with Crippen molar-refractivity contribution >= 4 is 144 Å². The summed E-state index contributed by atoms with van der Waals surface area (Å²) < 4.78 is 30.1. The van der Waals surface area contributed by atoms with Crippen LogP contribution in [0.5, 0.6) is 0 Å². The molecule has 7 nitrogen and oxygen atoms in total. The topological polar surface area (TPSA) is 89.8 Å². The van der Waals surface area contributed by atoms with Crippen LogP contribution in [0.4, 0.5) is 22.7 Å². The fraction of sp³-hybridized carbons (Fsp3) is 0. The minimum Gasteiger partial charge on any atom is -0.456 e. The quantitative estimate of drug-likeness (QED) is 0.149. The molecule has 0 aliphatic carbocycles. The lowest BCUT2D eigenvalue weighted by Crippen LogP contribution is -1.91. The van der Waals surface area contributed by atoms with Crippen LogP contribution in [0, 0.1) is 0 Å². The van der Waals surface area contributed by atoms with Gasteiger partial charge in [-0.3, -0.25) is 0 Å². The Morgan fingerprint density at radius 3 is 0.786 bits per heavy atom. The van der Waals surface area contributed by atoms with E-state index in [2.05, 4.69) is 241 Å². The Kier molecular flexibility index (Phi) is 14.5. The van der Waals surface area contributed by atoms with Crippen LogP contribution in [0.15, 0.2) is 356 Å². The number of anilines is 4. The highest BCUT2D eigenvalue weighted by molar-refractivity contribution is 6.30. The number of hydrogen-bond donors (Lipinski definition) is 2. The summed E-state index contributed by atoms with van der Waals surface area (Å²) in [7, 11) is 0. The Balaban J connectivity index is 0.000000112. The molecule has 20 rings (SSSR count). The first kappa shape index (κ1) is 57.8. The average molecular weight is 1280 g/mol. The molecular weight excluding hydrogens is 1220 g/mol. The summed E-state index contributed by atoms with van der Waals surface area (Å²) in [6, 6.07) is 115. The highest BCUT2D eigenvalue weighted by atomic mass is 35.5. The SMILES string of the molecule is Clc1ccc(-c2ccc3c(c2)oc2ccccc23)cc1.c1cc(Nc2cccc(-c3ccc4oc5ccccc5c4c3)c2)cc(-c2ccc3oc4ccccc4c3c2)c1.c1ccc2c(c1)oc1cc(-c3ccc(Nc4ccc(-c5ccc6c(c5)oc5ccccc56)cc4)cc3)ccc12. The molecule has 464 valence electrons. The van der Waals surface area contributed by atoms with Gasteiger partial charge in [0.05, 0.1) is 0 Å². The van der Waals surface area contributed by atoms with E-state index in [-0.39, 0.29) is 0 Å². The maximum atomic E-state index is 6.08. The van der Waals surface area contributed by atoms with Gasteiger partial charge >= 0.3 is 0 Å². The van der Waals surface area contributed by atoms with Crippen molar-refractivity contribution < 1.29 is 22.1 Å². The van der Waals surface area contributed by atoms with E-state index in [1.54, 1.807) is 0 Å². The van der Waals surface area contributed by atoms with Gasteiger partial charge in [-0.2, -0.15) is 0 Å². The van der Waals surface area contributed by atoms with Crippen LogP contribution in [-0.4, -0.2) is 0 Å². The number of halogens is 1. The molecule has 0 aliphatic rings. The molecule has 2 N–H and O–H groups in total. The van der Waals surface area contributed by atoms with E-state index >= 15 is 0 Å². The van der Waals surface area contributed by atoms with Gasteiger partial charge in [-0.1, -0.05) is 194 Å². The maximum absolute atomic E-state index is 6.08. The molecule has 98 heavy (non-hydrogen) atoms. The first-order chi connectivity index (χ1) is 48.4. The normalized spacial score (nSPS) is 11.5. The highest BCUT2D eigenvalue weighted by Crippen LogP contribution is 2.40. The molecule has 8 heteroatoms. The fourth-order valence-corrected chi connectivity index (χ4v) is 13.7. The number of nitrogens with one attached hydrogen (secondary N) is 2. The molecule has 5 aromatic heterocycles. The van der Waals surface area contributed by atoms with Crippen molar-refractivity contribution in [2.75, 3.05) is 10.6 Å². The zero-order valence-corrected chi connectivity index (χ0v) is 53.4. The van der Waals surface area contributed by atoms with Crippen LogP contribution in [0.25, 0.3) is 165 Å². The van der Waals surface area contributed by atoms with Crippen molar-refractivity contribution in [3.05, 3.63) is 339 Å². The lowest BCUT2D eigenvalue weighted by molar-refractivity contribution is 0.668. The molecule has 0 saturated heterocycles. The number of benzene rings is 15. The van der Waals surface area contributed by atoms with Crippen LogP contribution in [0.3, 0.4) is 0 Å². The third kappa shape index (κ3) is 11.1. The molecule has 0 amide bonds. The van der Waals surface area contributed by atoms with E-state index in [1.807, 2.05) is 103 Å². The van der Waals surface area contributed by atoms with Crippen molar-refractivity contribution in [1.82, 2.24) is 0 Å². The van der Waals surface area contributed by atoms with Gasteiger partial charge in [0.15, 0.2) is 0 Å². The highest BCUT2D eigenvalue weighted by Gasteiger charge is 2.15. The predicted octanol–water partition coefficient (Wildman–Crippen LogP) is 27.0. The predicted molar refractivity (Wildman–Crippen MR) is 407 cm³/mol. The van der Waals surface area contributed by atoms with Gasteiger partial charge in [-0.15, -0.1) is 0 Å². The molecule has 0 spiro atoms. The van der Waals surface area contributed by atoms with E-state index in [9.17, 15) is 0 Å². The molecule has 15 aromatic carbocycles. The molecule has 0 bridgehead atoms. The van der Waals surface area contributed by atoms with Gasteiger partial charge in [0.1, 0.15) is 55.8 Å². The molecule has 0 atom stereocenters. The Bertz CT molecular complexity index is 6080. The van der Waals surface area contributed by atoms with Crippen LogP contribution in [0.1, 0.15) is 0 Å². The Hall–Kier alpha value is -12.8. The summed E-state index contributed by atoms with van der Waals surface area (Å²) in [5, 5.41) is 19.3. The van der Waals surface area contributed by atoms with Gasteiger partial charge in [0.25, 0.3) is 0 Å². The van der Waals surface area contributed by atoms with Crippen molar-refractivity contribution in [2.45, 2.75) is 0 Å². The summed E-state index contributed by atoms with van der Waals surface area (Å²) in [4.78, 5) is 0. The summed E-state index contributed by atoms with van der Waals surface area (Å²) in [6.07, 6.45) is 0. The van der Waals surface area contributed by atoms with E-state index in [0.717, 1.165) is 193 Å². The largest absolute Gasteiger partial charge is 0.456 e. The molecule has 0 saturated carbocycles. The molecule has 5 heterocycles. The zero-order chi connectivity index (χ0) is 65.0. The van der Waals surface area contributed by atoms with Crippen LogP contribution >= 0.6 is 11.6 Å². The van der Waals surface area contributed by atoms with E-state index in [0.29, 0.717) is 0 Å². The second-order valence-electron chi connectivity index (χ2n) is 24.6. The molecule has 0 fully saturated rings. The van der Waals surface area contributed by atoms with Gasteiger partial charge < -0.3 is 32.7 Å². The van der Waals surface area contributed by atoms with Crippen molar-refractivity contribution in [3.63, 3.8) is 0 Å². The number of para-hydroxylation sites is 5. The molecule has 0 radical (unpaired) electrons. The molecule has 0 unspecified atom stereocenters. The van der Waals surface area contributed by atoms with Gasteiger partial charge in [-0.25, -0.2) is 0 Å². The number of hydrogen-bond acceptors (Lipinski definition) is 7. The minimum atomic E-state index is 0.749. The van der Waals surface area contributed by atoms with Gasteiger partial charge in [0, 0.05) is 81.6 Å². The lowest BCUT2D eigenvalue weighted by atomic mass is 10.0.